The largest absolute Gasteiger partial charge is 0.387 e. The highest BCUT2D eigenvalue weighted by Crippen LogP contribution is 2.30. The summed E-state index contributed by atoms with van der Waals surface area (Å²) in [5.74, 6) is 1.14. The van der Waals surface area contributed by atoms with Crippen LogP contribution >= 0.6 is 0 Å². The van der Waals surface area contributed by atoms with E-state index in [1.807, 2.05) is 33.9 Å². The Morgan fingerprint density at radius 1 is 0.952 bits per heavy atom. The fraction of sp³-hybridized carbons (Fsp3) is 0.500. The third kappa shape index (κ3) is 6.66. The Morgan fingerprint density at radius 3 is 2.24 bits per heavy atom. The molecule has 21 heavy (non-hydrogen) atoms. The summed E-state index contributed by atoms with van der Waals surface area (Å²) in [5.41, 5.74) is 2.91. The van der Waals surface area contributed by atoms with Crippen LogP contribution in [-0.2, 0) is 0 Å². The number of allylic oxidation sites excluding steroid dienone is 8. The molecular weight excluding hydrogens is 254 g/mol. The summed E-state index contributed by atoms with van der Waals surface area (Å²) in [5, 5.41) is 3.31. The van der Waals surface area contributed by atoms with Gasteiger partial charge in [-0.1, -0.05) is 78.0 Å². The first kappa shape index (κ1) is 19.5. The van der Waals surface area contributed by atoms with Crippen LogP contribution in [0, 0.1) is 11.8 Å². The number of nitrogens with one attached hydrogen (secondary N) is 1. The van der Waals surface area contributed by atoms with Crippen molar-refractivity contribution in [3.8, 4) is 0 Å². The predicted octanol–water partition coefficient (Wildman–Crippen LogP) is 5.80. The van der Waals surface area contributed by atoms with Crippen molar-refractivity contribution in [2.75, 3.05) is 6.54 Å². The fourth-order valence-corrected chi connectivity index (χ4v) is 2.52. The monoisotopic (exact) mass is 287 g/mol. The quantitative estimate of drug-likeness (QED) is 0.692. The minimum absolute atomic E-state index is 0.520. The maximum atomic E-state index is 3.31. The molecule has 1 heterocycles. The minimum Gasteiger partial charge on any atom is -0.387 e. The molecule has 1 nitrogen and oxygen atoms in total. The van der Waals surface area contributed by atoms with Crippen LogP contribution in [0.25, 0.3) is 0 Å². The van der Waals surface area contributed by atoms with Gasteiger partial charge in [-0.05, 0) is 35.8 Å². The summed E-state index contributed by atoms with van der Waals surface area (Å²) < 4.78 is 0. The van der Waals surface area contributed by atoms with Crippen molar-refractivity contribution < 1.29 is 0 Å². The number of hydrogen-bond acceptors (Lipinski definition) is 1. The van der Waals surface area contributed by atoms with E-state index in [-0.39, 0.29) is 0 Å². The van der Waals surface area contributed by atoms with Crippen molar-refractivity contribution in [3.63, 3.8) is 0 Å². The van der Waals surface area contributed by atoms with E-state index in [1.54, 1.807) is 0 Å². The van der Waals surface area contributed by atoms with Gasteiger partial charge in [0, 0.05) is 12.5 Å². The van der Waals surface area contributed by atoms with Crippen LogP contribution in [0.3, 0.4) is 0 Å². The molecule has 1 heteroatoms. The molecule has 0 aromatic rings. The Bertz CT molecular complexity index is 406. The second-order valence-electron chi connectivity index (χ2n) is 4.94. The van der Waals surface area contributed by atoms with E-state index in [4.69, 9.17) is 0 Å². The molecule has 0 fully saturated rings. The summed E-state index contributed by atoms with van der Waals surface area (Å²) in [6.45, 7) is 13.6. The van der Waals surface area contributed by atoms with Crippen LogP contribution in [-0.4, -0.2) is 6.54 Å². The third-order valence-corrected chi connectivity index (χ3v) is 3.26. The topological polar surface area (TPSA) is 12.0 Å². The van der Waals surface area contributed by atoms with Crippen molar-refractivity contribution in [2.24, 2.45) is 11.8 Å². The fourth-order valence-electron chi connectivity index (χ4n) is 2.52. The van der Waals surface area contributed by atoms with Gasteiger partial charge in [0.15, 0.2) is 0 Å². The number of hydrogen-bond donors (Lipinski definition) is 1. The first-order valence-electron chi connectivity index (χ1n) is 8.41. The van der Waals surface area contributed by atoms with Gasteiger partial charge >= 0.3 is 0 Å². The van der Waals surface area contributed by atoms with Crippen molar-refractivity contribution in [1.29, 1.82) is 0 Å². The average molecular weight is 287 g/mol. The van der Waals surface area contributed by atoms with Crippen LogP contribution in [0.1, 0.15) is 48.0 Å². The molecule has 1 atom stereocenters. The number of dihydropyridines is 1. The molecule has 1 aliphatic carbocycles. The van der Waals surface area contributed by atoms with Gasteiger partial charge in [0.1, 0.15) is 0 Å². The van der Waals surface area contributed by atoms with Crippen LogP contribution in [0.15, 0.2) is 59.9 Å². The Morgan fingerprint density at radius 2 is 1.67 bits per heavy atom. The van der Waals surface area contributed by atoms with E-state index in [9.17, 15) is 0 Å². The maximum absolute atomic E-state index is 3.31. The van der Waals surface area contributed by atoms with E-state index in [0.29, 0.717) is 11.8 Å². The lowest BCUT2D eigenvalue weighted by Crippen LogP contribution is -2.23. The Hall–Kier alpha value is -1.50. The molecular formula is C20H33N. The molecule has 1 unspecified atom stereocenters. The normalized spacial score (nSPS) is 17.3. The molecule has 0 aromatic carbocycles. The van der Waals surface area contributed by atoms with E-state index < -0.39 is 0 Å². The highest BCUT2D eigenvalue weighted by Gasteiger charge is 2.21. The lowest BCUT2D eigenvalue weighted by atomic mass is 9.80. The summed E-state index contributed by atoms with van der Waals surface area (Å²) in [7, 11) is 0. The average Bonchev–Trinajstić information content (AvgIpc) is 2.81. The molecule has 1 N–H and O–H groups in total. The van der Waals surface area contributed by atoms with Gasteiger partial charge in [-0.15, -0.1) is 0 Å². The smallest absolute Gasteiger partial charge is 0.0363 e. The highest BCUT2D eigenvalue weighted by atomic mass is 14.8. The summed E-state index contributed by atoms with van der Waals surface area (Å²) in [6.07, 6.45) is 18.6. The summed E-state index contributed by atoms with van der Waals surface area (Å²) in [6, 6.07) is 0. The van der Waals surface area contributed by atoms with E-state index in [1.165, 1.54) is 11.1 Å². The van der Waals surface area contributed by atoms with Crippen LogP contribution in [0.4, 0.5) is 0 Å². The minimum atomic E-state index is 0.520. The Balaban J connectivity index is 0.000000921. The molecule has 0 aromatic heterocycles. The molecule has 2 rings (SSSR count). The second-order valence-corrected chi connectivity index (χ2v) is 4.94. The van der Waals surface area contributed by atoms with E-state index in [0.717, 1.165) is 13.0 Å². The zero-order chi connectivity index (χ0) is 16.1. The first-order chi connectivity index (χ1) is 10.3. The Kier molecular flexibility index (Phi) is 11.4. The van der Waals surface area contributed by atoms with Gasteiger partial charge in [-0.3, -0.25) is 0 Å². The summed E-state index contributed by atoms with van der Waals surface area (Å²) in [4.78, 5) is 0. The molecule has 0 saturated carbocycles. The van der Waals surface area contributed by atoms with Crippen LogP contribution in [0.2, 0.25) is 0 Å². The molecule has 0 bridgehead atoms. The van der Waals surface area contributed by atoms with Gasteiger partial charge in [-0.2, -0.15) is 0 Å². The third-order valence-electron chi connectivity index (χ3n) is 3.26. The first-order valence-corrected chi connectivity index (χ1v) is 8.41. The molecule has 0 radical (unpaired) electrons. The van der Waals surface area contributed by atoms with Gasteiger partial charge < -0.3 is 5.32 Å². The molecule has 1 aliphatic heterocycles. The van der Waals surface area contributed by atoms with Crippen molar-refractivity contribution in [2.45, 2.75) is 48.0 Å². The van der Waals surface area contributed by atoms with E-state index >= 15 is 0 Å². The standard InChI is InChI=1S/C16H21N.2C2H6/c1-13(2)16(15-10-7-11-17-12-15)14-8-5-3-4-6-9-14;2*1-2/h3,5-11,13,16-17H,4,12H2,1-2H3;2*1-2H3. The van der Waals surface area contributed by atoms with E-state index in [2.05, 4.69) is 61.7 Å². The lowest BCUT2D eigenvalue weighted by molar-refractivity contribution is 0.498. The summed E-state index contributed by atoms with van der Waals surface area (Å²) >= 11 is 0. The molecule has 0 amide bonds. The highest BCUT2D eigenvalue weighted by molar-refractivity contribution is 5.37. The van der Waals surface area contributed by atoms with Crippen LogP contribution < -0.4 is 5.32 Å². The molecule has 118 valence electrons. The Labute approximate surface area is 132 Å². The van der Waals surface area contributed by atoms with Crippen molar-refractivity contribution in [3.05, 3.63) is 59.9 Å². The zero-order valence-electron chi connectivity index (χ0n) is 14.7. The number of rotatable bonds is 3. The molecule has 2 aliphatic rings. The molecule has 0 saturated heterocycles. The van der Waals surface area contributed by atoms with Gasteiger partial charge in [-0.25, -0.2) is 0 Å². The van der Waals surface area contributed by atoms with Crippen molar-refractivity contribution in [1.82, 2.24) is 5.32 Å². The van der Waals surface area contributed by atoms with Crippen LogP contribution in [0.5, 0.6) is 0 Å². The SMILES string of the molecule is CC.CC.CC(C)C(C1=CC=CCC=C1)C1=CC=CNC1. The van der Waals surface area contributed by atoms with Gasteiger partial charge in [0.25, 0.3) is 0 Å². The lowest BCUT2D eigenvalue weighted by Gasteiger charge is -2.26. The van der Waals surface area contributed by atoms with Gasteiger partial charge in [0.2, 0.25) is 0 Å². The van der Waals surface area contributed by atoms with Gasteiger partial charge in [0.05, 0.1) is 0 Å². The molecule has 0 spiro atoms. The predicted molar refractivity (Wildman–Crippen MR) is 97.2 cm³/mol. The second kappa shape index (κ2) is 12.3. The maximum Gasteiger partial charge on any atom is 0.0363 e. The van der Waals surface area contributed by atoms with Crippen molar-refractivity contribution >= 4 is 0 Å². The zero-order valence-corrected chi connectivity index (χ0v) is 14.7.